The number of nitrogens with zero attached hydrogens (tertiary/aromatic N) is 2. The van der Waals surface area contributed by atoms with Gasteiger partial charge in [-0.1, -0.05) is 103 Å². The third-order valence-electron chi connectivity index (χ3n) is 9.25. The predicted molar refractivity (Wildman–Crippen MR) is 192 cm³/mol. The van der Waals surface area contributed by atoms with Gasteiger partial charge < -0.3 is 8.83 Å². The maximum atomic E-state index is 6.38. The average molecular weight is 603 g/mol. The Morgan fingerprint density at radius 3 is 1.79 bits per heavy atom. The molecular weight excluding hydrogens is 576 g/mol. The number of hydrogen-bond donors (Lipinski definition) is 0. The first-order chi connectivity index (χ1) is 23.3. The number of benzene rings is 7. The van der Waals surface area contributed by atoms with Crippen LogP contribution in [-0.4, -0.2) is 9.55 Å². The van der Waals surface area contributed by atoms with E-state index in [0.29, 0.717) is 0 Å². The van der Waals surface area contributed by atoms with Gasteiger partial charge in [-0.05, 0) is 76.9 Å². The molecule has 0 bridgehead atoms. The molecule has 0 atom stereocenters. The van der Waals surface area contributed by atoms with Crippen LogP contribution in [-0.2, 0) is 0 Å². The number of fused-ring (bicyclic) bond motifs is 8. The summed E-state index contributed by atoms with van der Waals surface area (Å²) >= 11 is 0. The lowest BCUT2D eigenvalue weighted by molar-refractivity contribution is 0.633. The maximum Gasteiger partial charge on any atom is 0.178 e. The van der Waals surface area contributed by atoms with Crippen LogP contribution in [0.5, 0.6) is 0 Å². The van der Waals surface area contributed by atoms with Crippen LogP contribution in [0.3, 0.4) is 0 Å². The highest BCUT2D eigenvalue weighted by Gasteiger charge is 2.17. The molecule has 220 valence electrons. The molecule has 0 fully saturated rings. The standard InChI is InChI=1S/C43H26N2O2/c1-2-8-27(9-3-1)28-14-16-30(17-15-28)43-44-37-11-5-6-12-38(37)45(43)32-21-18-29(19-22-32)31-20-25-40-36(26-31)35-24-23-34-33-10-4-7-13-39(33)46-41(34)42(35)47-40/h1-26H. The summed E-state index contributed by atoms with van der Waals surface area (Å²) in [6, 6.07) is 55.0. The van der Waals surface area contributed by atoms with Crippen LogP contribution in [0.2, 0.25) is 0 Å². The number of furan rings is 2. The summed E-state index contributed by atoms with van der Waals surface area (Å²) in [5, 5.41) is 4.30. The highest BCUT2D eigenvalue weighted by atomic mass is 16.4. The Morgan fingerprint density at radius 2 is 0.979 bits per heavy atom. The van der Waals surface area contributed by atoms with Crippen LogP contribution < -0.4 is 0 Å². The Hall–Kier alpha value is -6.39. The van der Waals surface area contributed by atoms with E-state index in [0.717, 1.165) is 83.1 Å². The second-order valence-electron chi connectivity index (χ2n) is 12.0. The molecule has 0 aliphatic heterocycles. The molecule has 0 N–H and O–H groups in total. The van der Waals surface area contributed by atoms with Crippen LogP contribution >= 0.6 is 0 Å². The smallest absolute Gasteiger partial charge is 0.178 e. The first-order valence-corrected chi connectivity index (χ1v) is 15.8. The summed E-state index contributed by atoms with van der Waals surface area (Å²) < 4.78 is 14.9. The van der Waals surface area contributed by atoms with Gasteiger partial charge in [0.05, 0.1) is 11.0 Å². The van der Waals surface area contributed by atoms with Gasteiger partial charge in [-0.2, -0.15) is 0 Å². The van der Waals surface area contributed by atoms with E-state index in [1.54, 1.807) is 0 Å². The summed E-state index contributed by atoms with van der Waals surface area (Å²) in [5.41, 5.74) is 12.1. The third-order valence-corrected chi connectivity index (χ3v) is 9.25. The van der Waals surface area contributed by atoms with Crippen molar-refractivity contribution in [1.29, 1.82) is 0 Å². The Morgan fingerprint density at radius 1 is 0.404 bits per heavy atom. The molecule has 10 rings (SSSR count). The van der Waals surface area contributed by atoms with Gasteiger partial charge in [0, 0.05) is 32.8 Å². The van der Waals surface area contributed by atoms with Crippen LogP contribution in [0.25, 0.3) is 94.2 Å². The Balaban J connectivity index is 1.05. The summed E-state index contributed by atoms with van der Waals surface area (Å²) in [7, 11) is 0. The monoisotopic (exact) mass is 602 g/mol. The Labute approximate surface area is 269 Å². The van der Waals surface area contributed by atoms with Gasteiger partial charge in [-0.3, -0.25) is 4.57 Å². The zero-order valence-electron chi connectivity index (χ0n) is 25.2. The van der Waals surface area contributed by atoms with E-state index in [1.165, 1.54) is 11.1 Å². The van der Waals surface area contributed by atoms with Crippen molar-refractivity contribution in [3.63, 3.8) is 0 Å². The summed E-state index contributed by atoms with van der Waals surface area (Å²) in [5.74, 6) is 0.918. The fraction of sp³-hybridized carbons (Fsp3) is 0. The molecule has 47 heavy (non-hydrogen) atoms. The van der Waals surface area contributed by atoms with Gasteiger partial charge >= 0.3 is 0 Å². The predicted octanol–water partition coefficient (Wildman–Crippen LogP) is 11.8. The molecule has 0 amide bonds. The minimum absolute atomic E-state index is 0.789. The molecule has 4 heteroatoms. The van der Waals surface area contributed by atoms with Crippen molar-refractivity contribution in [1.82, 2.24) is 9.55 Å². The lowest BCUT2D eigenvalue weighted by atomic mass is 10.0. The highest BCUT2D eigenvalue weighted by Crippen LogP contribution is 2.40. The molecule has 3 aromatic heterocycles. The lowest BCUT2D eigenvalue weighted by Gasteiger charge is -2.11. The van der Waals surface area contributed by atoms with E-state index in [1.807, 2.05) is 30.3 Å². The number of aromatic nitrogens is 2. The van der Waals surface area contributed by atoms with Gasteiger partial charge in [0.15, 0.2) is 11.2 Å². The molecule has 0 spiro atoms. The summed E-state index contributed by atoms with van der Waals surface area (Å²) in [4.78, 5) is 5.08. The molecule has 0 aliphatic rings. The largest absolute Gasteiger partial charge is 0.452 e. The normalized spacial score (nSPS) is 11.8. The molecule has 7 aromatic carbocycles. The quantitative estimate of drug-likeness (QED) is 0.201. The molecular formula is C43H26N2O2. The maximum absolute atomic E-state index is 6.38. The molecule has 0 saturated carbocycles. The van der Waals surface area contributed by atoms with E-state index in [2.05, 4.69) is 132 Å². The van der Waals surface area contributed by atoms with Crippen LogP contribution in [0, 0.1) is 0 Å². The summed E-state index contributed by atoms with van der Waals surface area (Å²) in [6.45, 7) is 0. The zero-order valence-corrected chi connectivity index (χ0v) is 25.2. The number of imidazole rings is 1. The van der Waals surface area contributed by atoms with Crippen LogP contribution in [0.4, 0.5) is 0 Å². The molecule has 0 unspecified atom stereocenters. The Bertz CT molecular complexity index is 2770. The fourth-order valence-corrected chi connectivity index (χ4v) is 6.92. The van der Waals surface area contributed by atoms with Gasteiger partial charge in [-0.25, -0.2) is 4.98 Å². The van der Waals surface area contributed by atoms with Crippen molar-refractivity contribution >= 4 is 54.9 Å². The molecule has 3 heterocycles. The zero-order chi connectivity index (χ0) is 30.9. The lowest BCUT2D eigenvalue weighted by Crippen LogP contribution is -1.97. The van der Waals surface area contributed by atoms with E-state index in [-0.39, 0.29) is 0 Å². The van der Waals surface area contributed by atoms with Crippen molar-refractivity contribution < 1.29 is 8.83 Å². The minimum atomic E-state index is 0.789. The summed E-state index contributed by atoms with van der Waals surface area (Å²) in [6.07, 6.45) is 0. The van der Waals surface area contributed by atoms with Gasteiger partial charge in [0.25, 0.3) is 0 Å². The topological polar surface area (TPSA) is 44.1 Å². The van der Waals surface area contributed by atoms with Crippen molar-refractivity contribution in [3.05, 3.63) is 158 Å². The molecule has 4 nitrogen and oxygen atoms in total. The molecule has 10 aromatic rings. The van der Waals surface area contributed by atoms with E-state index in [9.17, 15) is 0 Å². The molecule has 0 aliphatic carbocycles. The van der Waals surface area contributed by atoms with Gasteiger partial charge in [0.1, 0.15) is 17.0 Å². The minimum Gasteiger partial charge on any atom is -0.452 e. The van der Waals surface area contributed by atoms with Crippen molar-refractivity contribution in [3.8, 4) is 39.3 Å². The molecule has 0 radical (unpaired) electrons. The second-order valence-corrected chi connectivity index (χ2v) is 12.0. The van der Waals surface area contributed by atoms with E-state index < -0.39 is 0 Å². The van der Waals surface area contributed by atoms with Gasteiger partial charge in [-0.15, -0.1) is 0 Å². The fourth-order valence-electron chi connectivity index (χ4n) is 6.92. The van der Waals surface area contributed by atoms with Gasteiger partial charge in [0.2, 0.25) is 0 Å². The number of rotatable bonds is 4. The Kier molecular flexibility index (Phi) is 5.54. The first-order valence-electron chi connectivity index (χ1n) is 15.8. The first kappa shape index (κ1) is 25.9. The van der Waals surface area contributed by atoms with Crippen molar-refractivity contribution in [2.24, 2.45) is 0 Å². The third kappa shape index (κ3) is 4.05. The van der Waals surface area contributed by atoms with E-state index >= 15 is 0 Å². The molecule has 0 saturated heterocycles. The number of hydrogen-bond acceptors (Lipinski definition) is 3. The SMILES string of the molecule is c1ccc(-c2ccc(-c3nc4ccccc4n3-c3ccc(-c4ccc5oc6c(ccc7c8ccccc8oc76)c5c4)cc3)cc2)cc1. The van der Waals surface area contributed by atoms with Crippen molar-refractivity contribution in [2.45, 2.75) is 0 Å². The van der Waals surface area contributed by atoms with Crippen molar-refractivity contribution in [2.75, 3.05) is 0 Å². The number of para-hydroxylation sites is 3. The average Bonchev–Trinajstić information content (AvgIpc) is 3.83. The van der Waals surface area contributed by atoms with Crippen LogP contribution in [0.1, 0.15) is 0 Å². The van der Waals surface area contributed by atoms with Crippen LogP contribution in [0.15, 0.2) is 167 Å². The second kappa shape index (κ2) is 10.1. The van der Waals surface area contributed by atoms with E-state index in [4.69, 9.17) is 13.8 Å². The highest BCUT2D eigenvalue weighted by molar-refractivity contribution is 6.19.